The monoisotopic (exact) mass is 176 g/mol. The third-order valence-corrected chi connectivity index (χ3v) is 6.76. The standard InChI is InChI=1S/C7H16O3Si/c1-7(5-10-6-7)11(4,8-2)9-3/h5-6H2,1-4H3. The van der Waals surface area contributed by atoms with Crippen molar-refractivity contribution in [3.63, 3.8) is 0 Å². The molecule has 0 unspecified atom stereocenters. The normalized spacial score (nSPS) is 22.9. The summed E-state index contributed by atoms with van der Waals surface area (Å²) in [6.45, 7) is 5.79. The van der Waals surface area contributed by atoms with E-state index in [4.69, 9.17) is 13.6 Å². The molecule has 1 heterocycles. The van der Waals surface area contributed by atoms with Crippen molar-refractivity contribution >= 4 is 8.56 Å². The van der Waals surface area contributed by atoms with Gasteiger partial charge in [-0.2, -0.15) is 0 Å². The Kier molecular flexibility index (Phi) is 2.39. The molecule has 0 bridgehead atoms. The van der Waals surface area contributed by atoms with Crippen LogP contribution in [0.25, 0.3) is 0 Å². The molecule has 0 N–H and O–H groups in total. The lowest BCUT2D eigenvalue weighted by atomic mass is 10.1. The van der Waals surface area contributed by atoms with Gasteiger partial charge in [-0.15, -0.1) is 0 Å². The number of rotatable bonds is 3. The van der Waals surface area contributed by atoms with Crippen LogP contribution in [0.15, 0.2) is 0 Å². The lowest BCUT2D eigenvalue weighted by Crippen LogP contribution is -2.57. The van der Waals surface area contributed by atoms with Gasteiger partial charge in [0, 0.05) is 14.2 Å². The number of ether oxygens (including phenoxy) is 1. The molecule has 66 valence electrons. The Morgan fingerprint density at radius 1 is 1.27 bits per heavy atom. The Balaban J connectivity index is 2.67. The van der Waals surface area contributed by atoms with Gasteiger partial charge in [-0.05, 0) is 6.55 Å². The summed E-state index contributed by atoms with van der Waals surface area (Å²) in [5.41, 5.74) is 0. The molecule has 1 fully saturated rings. The minimum absolute atomic E-state index is 0.149. The summed E-state index contributed by atoms with van der Waals surface area (Å²) in [7, 11) is 1.48. The molecule has 1 saturated heterocycles. The van der Waals surface area contributed by atoms with E-state index in [9.17, 15) is 0 Å². The van der Waals surface area contributed by atoms with Crippen molar-refractivity contribution < 1.29 is 13.6 Å². The first-order valence-electron chi connectivity index (χ1n) is 3.76. The van der Waals surface area contributed by atoms with E-state index in [0.29, 0.717) is 0 Å². The molecule has 0 radical (unpaired) electrons. The summed E-state index contributed by atoms with van der Waals surface area (Å²) in [5, 5.41) is 0.149. The number of hydrogen-bond acceptors (Lipinski definition) is 3. The van der Waals surface area contributed by atoms with Gasteiger partial charge in [-0.25, -0.2) is 0 Å². The van der Waals surface area contributed by atoms with E-state index in [1.165, 1.54) is 0 Å². The third kappa shape index (κ3) is 1.24. The summed E-state index contributed by atoms with van der Waals surface area (Å²) in [4.78, 5) is 0. The summed E-state index contributed by atoms with van der Waals surface area (Å²) in [6.07, 6.45) is 0. The number of hydrogen-bond donors (Lipinski definition) is 0. The Morgan fingerprint density at radius 3 is 1.82 bits per heavy atom. The van der Waals surface area contributed by atoms with Gasteiger partial charge in [0.05, 0.1) is 18.3 Å². The van der Waals surface area contributed by atoms with Crippen LogP contribution in [0.3, 0.4) is 0 Å². The van der Waals surface area contributed by atoms with Crippen molar-refractivity contribution in [3.05, 3.63) is 0 Å². The summed E-state index contributed by atoms with van der Waals surface area (Å²) in [6, 6.07) is 0. The molecule has 1 aliphatic heterocycles. The van der Waals surface area contributed by atoms with Crippen LogP contribution < -0.4 is 0 Å². The molecular formula is C7H16O3Si. The van der Waals surface area contributed by atoms with E-state index < -0.39 is 8.56 Å². The van der Waals surface area contributed by atoms with Gasteiger partial charge in [-0.1, -0.05) is 6.92 Å². The minimum atomic E-state index is -1.96. The zero-order chi connectivity index (χ0) is 8.54. The molecule has 0 amide bonds. The van der Waals surface area contributed by atoms with Gasteiger partial charge in [0.15, 0.2) is 0 Å². The maximum Gasteiger partial charge on any atom is 0.345 e. The predicted molar refractivity (Wildman–Crippen MR) is 44.8 cm³/mol. The topological polar surface area (TPSA) is 27.7 Å². The van der Waals surface area contributed by atoms with Crippen molar-refractivity contribution in [1.29, 1.82) is 0 Å². The Hall–Kier alpha value is 0.0969. The summed E-state index contributed by atoms with van der Waals surface area (Å²) >= 11 is 0. The first-order valence-corrected chi connectivity index (χ1v) is 6.08. The molecule has 1 aliphatic rings. The highest BCUT2D eigenvalue weighted by atomic mass is 28.4. The summed E-state index contributed by atoms with van der Waals surface area (Å²) < 4.78 is 16.0. The second-order valence-corrected chi connectivity index (χ2v) is 7.32. The molecule has 0 aromatic carbocycles. The minimum Gasteiger partial charge on any atom is -0.397 e. The molecule has 11 heavy (non-hydrogen) atoms. The van der Waals surface area contributed by atoms with E-state index in [1.807, 2.05) is 0 Å². The highest BCUT2D eigenvalue weighted by Gasteiger charge is 2.54. The Morgan fingerprint density at radius 2 is 1.73 bits per heavy atom. The maximum absolute atomic E-state index is 5.43. The zero-order valence-corrected chi connectivity index (χ0v) is 8.64. The molecule has 0 aliphatic carbocycles. The van der Waals surface area contributed by atoms with Gasteiger partial charge in [0.2, 0.25) is 0 Å². The second-order valence-electron chi connectivity index (χ2n) is 3.41. The predicted octanol–water partition coefficient (Wildman–Crippen LogP) is 1.14. The van der Waals surface area contributed by atoms with Crippen molar-refractivity contribution in [2.75, 3.05) is 27.4 Å². The molecule has 0 aromatic heterocycles. The van der Waals surface area contributed by atoms with Crippen LogP contribution in [0.4, 0.5) is 0 Å². The fraction of sp³-hybridized carbons (Fsp3) is 1.00. The van der Waals surface area contributed by atoms with Crippen molar-refractivity contribution in [1.82, 2.24) is 0 Å². The Labute approximate surface area is 68.9 Å². The van der Waals surface area contributed by atoms with Crippen molar-refractivity contribution in [2.24, 2.45) is 0 Å². The second kappa shape index (κ2) is 2.86. The van der Waals surface area contributed by atoms with Gasteiger partial charge >= 0.3 is 8.56 Å². The van der Waals surface area contributed by atoms with Crippen LogP contribution >= 0.6 is 0 Å². The highest BCUT2D eigenvalue weighted by molar-refractivity contribution is 6.69. The van der Waals surface area contributed by atoms with Gasteiger partial charge in [0.25, 0.3) is 0 Å². The molecule has 0 aromatic rings. The van der Waals surface area contributed by atoms with Crippen LogP contribution in [0.2, 0.25) is 11.6 Å². The SMILES string of the molecule is CO[Si](C)(OC)C1(C)COC1. The highest BCUT2D eigenvalue weighted by Crippen LogP contribution is 2.44. The van der Waals surface area contributed by atoms with Crippen LogP contribution in [0.1, 0.15) is 6.92 Å². The molecule has 3 nitrogen and oxygen atoms in total. The fourth-order valence-corrected chi connectivity index (χ4v) is 3.13. The van der Waals surface area contributed by atoms with Gasteiger partial charge in [-0.3, -0.25) is 0 Å². The molecule has 1 rings (SSSR count). The fourth-order valence-electron chi connectivity index (χ4n) is 1.25. The molecule has 0 spiro atoms. The molecule has 4 heteroatoms. The summed E-state index contributed by atoms with van der Waals surface area (Å²) in [5.74, 6) is 0. The third-order valence-electron chi connectivity index (χ3n) is 2.72. The van der Waals surface area contributed by atoms with E-state index in [-0.39, 0.29) is 5.04 Å². The van der Waals surface area contributed by atoms with Crippen LogP contribution in [-0.2, 0) is 13.6 Å². The van der Waals surface area contributed by atoms with Crippen molar-refractivity contribution in [3.8, 4) is 0 Å². The molecule has 0 saturated carbocycles. The quantitative estimate of drug-likeness (QED) is 0.604. The van der Waals surface area contributed by atoms with E-state index >= 15 is 0 Å². The lowest BCUT2D eigenvalue weighted by Gasteiger charge is -2.47. The largest absolute Gasteiger partial charge is 0.397 e. The van der Waals surface area contributed by atoms with Crippen LogP contribution in [-0.4, -0.2) is 36.0 Å². The first kappa shape index (κ1) is 9.19. The average Bonchev–Trinajstić information content (AvgIpc) is 1.98. The zero-order valence-electron chi connectivity index (χ0n) is 7.64. The van der Waals surface area contributed by atoms with E-state index in [1.54, 1.807) is 14.2 Å². The Bertz CT molecular complexity index is 141. The van der Waals surface area contributed by atoms with Crippen molar-refractivity contribution in [2.45, 2.75) is 18.5 Å². The van der Waals surface area contributed by atoms with Crippen LogP contribution in [0, 0.1) is 0 Å². The first-order chi connectivity index (χ1) is 5.08. The van der Waals surface area contributed by atoms with Crippen LogP contribution in [0.5, 0.6) is 0 Å². The smallest absolute Gasteiger partial charge is 0.345 e. The molecular weight excluding hydrogens is 160 g/mol. The van der Waals surface area contributed by atoms with Gasteiger partial charge < -0.3 is 13.6 Å². The maximum atomic E-state index is 5.43. The molecule has 0 atom stereocenters. The average molecular weight is 176 g/mol. The van der Waals surface area contributed by atoms with E-state index in [0.717, 1.165) is 13.2 Å². The van der Waals surface area contributed by atoms with E-state index in [2.05, 4.69) is 13.5 Å². The lowest BCUT2D eigenvalue weighted by molar-refractivity contribution is -0.0367. The van der Waals surface area contributed by atoms with Gasteiger partial charge in [0.1, 0.15) is 0 Å².